The molecule has 0 unspecified atom stereocenters. The summed E-state index contributed by atoms with van der Waals surface area (Å²) in [5, 5.41) is 5.37. The van der Waals surface area contributed by atoms with Crippen LogP contribution in [0.3, 0.4) is 0 Å². The molecular weight excluding hydrogens is 292 g/mol. The number of nitrogens with one attached hydrogen (secondary N) is 2. The van der Waals surface area contributed by atoms with E-state index in [1.807, 2.05) is 43.3 Å². The molecule has 0 atom stereocenters. The number of carbonyl (C=O) groups excluding carboxylic acids is 2. The molecule has 0 aliphatic carbocycles. The van der Waals surface area contributed by atoms with Crippen LogP contribution in [0.15, 0.2) is 48.7 Å². The number of hydrogen-bond donors (Lipinski definition) is 2. The van der Waals surface area contributed by atoms with Gasteiger partial charge in [0.15, 0.2) is 0 Å². The van der Waals surface area contributed by atoms with Gasteiger partial charge in [-0.15, -0.1) is 0 Å². The van der Waals surface area contributed by atoms with Crippen molar-refractivity contribution in [1.29, 1.82) is 0 Å². The minimum Gasteiger partial charge on any atom is -0.378 e. The number of aromatic nitrogens is 1. The Bertz CT molecular complexity index is 654. The number of anilines is 2. The molecule has 1 aromatic carbocycles. The molecule has 2 aromatic rings. The molecule has 0 aliphatic rings. The number of amides is 2. The number of rotatable bonds is 6. The van der Waals surface area contributed by atoms with Crippen molar-refractivity contribution in [3.63, 3.8) is 0 Å². The van der Waals surface area contributed by atoms with E-state index in [9.17, 15) is 9.59 Å². The third kappa shape index (κ3) is 5.43. The molecular formula is C17H20N4O2. The zero-order chi connectivity index (χ0) is 16.7. The fourth-order valence-electron chi connectivity index (χ4n) is 1.95. The predicted octanol–water partition coefficient (Wildman–Crippen LogP) is 1.79. The maximum atomic E-state index is 11.9. The largest absolute Gasteiger partial charge is 0.378 e. The first-order chi connectivity index (χ1) is 11.0. The van der Waals surface area contributed by atoms with Crippen LogP contribution >= 0.6 is 0 Å². The molecule has 2 amide bonds. The minimum absolute atomic E-state index is 0.220. The Balaban J connectivity index is 1.78. The van der Waals surface area contributed by atoms with E-state index in [0.717, 1.165) is 11.4 Å². The van der Waals surface area contributed by atoms with Gasteiger partial charge in [0.05, 0.1) is 12.2 Å². The molecule has 0 saturated heterocycles. The van der Waals surface area contributed by atoms with E-state index >= 15 is 0 Å². The van der Waals surface area contributed by atoms with Gasteiger partial charge in [-0.25, -0.2) is 0 Å². The van der Waals surface area contributed by atoms with Crippen LogP contribution < -0.4 is 15.5 Å². The van der Waals surface area contributed by atoms with Gasteiger partial charge in [0.2, 0.25) is 11.8 Å². The van der Waals surface area contributed by atoms with E-state index in [1.54, 1.807) is 24.4 Å². The maximum Gasteiger partial charge on any atom is 0.233 e. The van der Waals surface area contributed by atoms with Crippen molar-refractivity contribution >= 4 is 23.2 Å². The molecule has 120 valence electrons. The molecule has 1 aromatic heterocycles. The monoisotopic (exact) mass is 312 g/mol. The summed E-state index contributed by atoms with van der Waals surface area (Å²) in [5.74, 6) is -0.681. The van der Waals surface area contributed by atoms with E-state index in [0.29, 0.717) is 12.2 Å². The highest BCUT2D eigenvalue weighted by molar-refractivity contribution is 6.03. The van der Waals surface area contributed by atoms with Crippen molar-refractivity contribution in [3.8, 4) is 0 Å². The highest BCUT2D eigenvalue weighted by Crippen LogP contribution is 2.15. The zero-order valence-corrected chi connectivity index (χ0v) is 13.2. The summed E-state index contributed by atoms with van der Waals surface area (Å²) in [6, 6.07) is 12.9. The molecule has 0 spiro atoms. The number of carbonyl (C=O) groups is 2. The molecule has 2 rings (SSSR count). The van der Waals surface area contributed by atoms with E-state index in [2.05, 4.69) is 15.6 Å². The molecule has 6 heteroatoms. The Morgan fingerprint density at radius 3 is 2.39 bits per heavy atom. The van der Waals surface area contributed by atoms with Crippen LogP contribution in [0.1, 0.15) is 12.1 Å². The number of hydrogen-bond acceptors (Lipinski definition) is 4. The quantitative estimate of drug-likeness (QED) is 0.798. The lowest BCUT2D eigenvalue weighted by Gasteiger charge is -2.13. The Kier molecular flexibility index (Phi) is 5.68. The van der Waals surface area contributed by atoms with Gasteiger partial charge in [0, 0.05) is 31.7 Å². The fourth-order valence-corrected chi connectivity index (χ4v) is 1.95. The van der Waals surface area contributed by atoms with Crippen molar-refractivity contribution in [1.82, 2.24) is 10.3 Å². The van der Waals surface area contributed by atoms with Gasteiger partial charge in [-0.05, 0) is 36.4 Å². The van der Waals surface area contributed by atoms with Crippen LogP contribution in [-0.4, -0.2) is 30.9 Å². The molecule has 0 radical (unpaired) electrons. The molecule has 0 bridgehead atoms. The Morgan fingerprint density at radius 2 is 1.78 bits per heavy atom. The van der Waals surface area contributed by atoms with Crippen LogP contribution in [0.25, 0.3) is 0 Å². The smallest absolute Gasteiger partial charge is 0.233 e. The highest BCUT2D eigenvalue weighted by Gasteiger charge is 2.09. The van der Waals surface area contributed by atoms with Gasteiger partial charge in [-0.1, -0.05) is 6.07 Å². The molecule has 0 aliphatic heterocycles. The van der Waals surface area contributed by atoms with Gasteiger partial charge >= 0.3 is 0 Å². The van der Waals surface area contributed by atoms with Crippen LogP contribution in [0, 0.1) is 0 Å². The van der Waals surface area contributed by atoms with Crippen molar-refractivity contribution in [3.05, 3.63) is 54.4 Å². The summed E-state index contributed by atoms with van der Waals surface area (Å²) in [7, 11) is 3.89. The lowest BCUT2D eigenvalue weighted by Crippen LogP contribution is -2.28. The van der Waals surface area contributed by atoms with E-state index in [-0.39, 0.29) is 18.2 Å². The van der Waals surface area contributed by atoms with E-state index in [4.69, 9.17) is 0 Å². The number of pyridine rings is 1. The highest BCUT2D eigenvalue weighted by atomic mass is 16.2. The van der Waals surface area contributed by atoms with Gasteiger partial charge in [0.1, 0.15) is 6.42 Å². The van der Waals surface area contributed by atoms with Crippen LogP contribution in [0.4, 0.5) is 11.4 Å². The number of nitrogens with zero attached hydrogens (tertiary/aromatic N) is 2. The first-order valence-corrected chi connectivity index (χ1v) is 7.28. The summed E-state index contributed by atoms with van der Waals surface area (Å²) in [6.45, 7) is 0.310. The number of benzene rings is 1. The van der Waals surface area contributed by atoms with E-state index in [1.165, 1.54) is 0 Å². The molecule has 0 saturated carbocycles. The average molecular weight is 312 g/mol. The Labute approximate surface area is 135 Å². The van der Waals surface area contributed by atoms with Crippen LogP contribution in [-0.2, 0) is 16.1 Å². The summed E-state index contributed by atoms with van der Waals surface area (Å²) in [4.78, 5) is 29.7. The Morgan fingerprint density at radius 1 is 1.04 bits per heavy atom. The summed E-state index contributed by atoms with van der Waals surface area (Å²) >= 11 is 0. The molecule has 23 heavy (non-hydrogen) atoms. The molecule has 6 nitrogen and oxygen atoms in total. The third-order valence-corrected chi connectivity index (χ3v) is 3.18. The van der Waals surface area contributed by atoms with Gasteiger partial charge in [-0.2, -0.15) is 0 Å². The van der Waals surface area contributed by atoms with Crippen LogP contribution in [0.2, 0.25) is 0 Å². The van der Waals surface area contributed by atoms with Crippen molar-refractivity contribution in [2.45, 2.75) is 13.0 Å². The molecule has 2 N–H and O–H groups in total. The van der Waals surface area contributed by atoms with E-state index < -0.39 is 0 Å². The van der Waals surface area contributed by atoms with Crippen LogP contribution in [0.5, 0.6) is 0 Å². The third-order valence-electron chi connectivity index (χ3n) is 3.18. The summed E-state index contributed by atoms with van der Waals surface area (Å²) < 4.78 is 0. The lowest BCUT2D eigenvalue weighted by atomic mass is 10.2. The lowest BCUT2D eigenvalue weighted by molar-refractivity contribution is -0.126. The zero-order valence-electron chi connectivity index (χ0n) is 13.2. The van der Waals surface area contributed by atoms with Gasteiger partial charge in [0.25, 0.3) is 0 Å². The first-order valence-electron chi connectivity index (χ1n) is 7.28. The minimum atomic E-state index is -0.346. The van der Waals surface area contributed by atoms with Crippen molar-refractivity contribution < 1.29 is 9.59 Å². The summed E-state index contributed by atoms with van der Waals surface area (Å²) in [6.07, 6.45) is 1.44. The average Bonchev–Trinajstić information content (AvgIpc) is 2.54. The molecule has 0 fully saturated rings. The topological polar surface area (TPSA) is 74.3 Å². The maximum absolute atomic E-state index is 11.9. The summed E-state index contributed by atoms with van der Waals surface area (Å²) in [5.41, 5.74) is 2.45. The first kappa shape index (κ1) is 16.5. The Hall–Kier alpha value is -2.89. The second-order valence-corrected chi connectivity index (χ2v) is 5.26. The second-order valence-electron chi connectivity index (χ2n) is 5.26. The van der Waals surface area contributed by atoms with Gasteiger partial charge in [-0.3, -0.25) is 14.6 Å². The van der Waals surface area contributed by atoms with Gasteiger partial charge < -0.3 is 15.5 Å². The normalized spacial score (nSPS) is 10.0. The second kappa shape index (κ2) is 7.93. The SMILES string of the molecule is CN(C)c1ccc(NC(=O)CC(=O)NCc2ccccn2)cc1. The standard InChI is InChI=1S/C17H20N4O2/c1-21(2)15-8-6-13(7-9-15)20-17(23)11-16(22)19-12-14-5-3-4-10-18-14/h3-10H,11-12H2,1-2H3,(H,19,22)(H,20,23). The fraction of sp³-hybridized carbons (Fsp3) is 0.235. The van der Waals surface area contributed by atoms with Crippen molar-refractivity contribution in [2.24, 2.45) is 0 Å². The van der Waals surface area contributed by atoms with Crippen molar-refractivity contribution in [2.75, 3.05) is 24.3 Å². The molecule has 1 heterocycles. The predicted molar refractivity (Wildman–Crippen MR) is 90.1 cm³/mol.